The summed E-state index contributed by atoms with van der Waals surface area (Å²) in [5.74, 6) is 0.431. The molecule has 0 aromatic heterocycles. The summed E-state index contributed by atoms with van der Waals surface area (Å²) in [6.07, 6.45) is 3.93. The van der Waals surface area contributed by atoms with Crippen molar-refractivity contribution in [3.05, 3.63) is 66.0 Å². The van der Waals surface area contributed by atoms with E-state index in [1.165, 1.54) is 12.1 Å². The quantitative estimate of drug-likeness (QED) is 0.663. The van der Waals surface area contributed by atoms with Gasteiger partial charge in [0.15, 0.2) is 0 Å². The predicted octanol–water partition coefficient (Wildman–Crippen LogP) is 3.55. The molecule has 0 atom stereocenters. The van der Waals surface area contributed by atoms with Crippen molar-refractivity contribution in [3.8, 4) is 5.75 Å². The van der Waals surface area contributed by atoms with Crippen molar-refractivity contribution in [2.45, 2.75) is 6.92 Å². The summed E-state index contributed by atoms with van der Waals surface area (Å²) in [4.78, 5) is 30.3. The molecule has 1 saturated heterocycles. The molecule has 0 spiro atoms. The van der Waals surface area contributed by atoms with Gasteiger partial charge in [-0.25, -0.2) is 9.18 Å². The summed E-state index contributed by atoms with van der Waals surface area (Å²) in [5, 5.41) is 2.74. The Labute approximate surface area is 194 Å². The van der Waals surface area contributed by atoms with E-state index in [0.29, 0.717) is 31.9 Å². The molecule has 1 aliphatic heterocycles. The van der Waals surface area contributed by atoms with E-state index in [4.69, 9.17) is 4.74 Å². The van der Waals surface area contributed by atoms with Crippen LogP contribution in [0.25, 0.3) is 6.08 Å². The zero-order valence-electron chi connectivity index (χ0n) is 19.2. The number of carbonyl (C=O) groups is 2. The van der Waals surface area contributed by atoms with Crippen LogP contribution in [0.2, 0.25) is 0 Å². The maximum atomic E-state index is 13.3. The number of hydrogen-bond acceptors (Lipinski definition) is 4. The van der Waals surface area contributed by atoms with E-state index in [9.17, 15) is 14.0 Å². The Kier molecular flexibility index (Phi) is 8.83. The van der Waals surface area contributed by atoms with Crippen molar-refractivity contribution >= 4 is 23.7 Å². The fraction of sp³-hybridized carbons (Fsp3) is 0.360. The van der Waals surface area contributed by atoms with Crippen LogP contribution in [0.5, 0.6) is 5.75 Å². The molecule has 1 heterocycles. The van der Waals surface area contributed by atoms with Gasteiger partial charge in [0, 0.05) is 64.0 Å². The van der Waals surface area contributed by atoms with Gasteiger partial charge in [0.1, 0.15) is 11.6 Å². The second-order valence-electron chi connectivity index (χ2n) is 7.88. The number of ether oxygens (including phenoxy) is 1. The molecule has 2 aromatic carbocycles. The zero-order chi connectivity index (χ0) is 23.6. The Morgan fingerprint density at radius 1 is 1.12 bits per heavy atom. The van der Waals surface area contributed by atoms with Crippen molar-refractivity contribution in [2.75, 3.05) is 58.2 Å². The largest absolute Gasteiger partial charge is 0.496 e. The Balaban J connectivity index is 1.43. The number of hydrogen-bond donors (Lipinski definition) is 1. The molecule has 3 rings (SSSR count). The molecule has 1 aliphatic rings. The normalized spacial score (nSPS) is 14.3. The van der Waals surface area contributed by atoms with E-state index in [1.807, 2.05) is 36.4 Å². The first-order valence-electron chi connectivity index (χ1n) is 11.0. The average Bonchev–Trinajstić information content (AvgIpc) is 2.81. The number of amides is 3. The summed E-state index contributed by atoms with van der Waals surface area (Å²) < 4.78 is 18.7. The number of nitrogens with zero attached hydrogens (tertiary/aromatic N) is 3. The molecule has 0 saturated carbocycles. The highest BCUT2D eigenvalue weighted by Crippen LogP contribution is 2.18. The highest BCUT2D eigenvalue weighted by molar-refractivity contribution is 5.89. The van der Waals surface area contributed by atoms with Crippen molar-refractivity contribution in [2.24, 2.45) is 0 Å². The minimum absolute atomic E-state index is 0.0211. The minimum Gasteiger partial charge on any atom is -0.496 e. The summed E-state index contributed by atoms with van der Waals surface area (Å²) in [6.45, 7) is 6.04. The van der Waals surface area contributed by atoms with Gasteiger partial charge in [-0.1, -0.05) is 36.4 Å². The number of anilines is 1. The first kappa shape index (κ1) is 24.3. The van der Waals surface area contributed by atoms with Gasteiger partial charge >= 0.3 is 6.03 Å². The fourth-order valence-electron chi connectivity index (χ4n) is 3.69. The van der Waals surface area contributed by atoms with Crippen LogP contribution in [-0.4, -0.2) is 79.6 Å². The highest BCUT2D eigenvalue weighted by atomic mass is 19.1. The molecule has 0 unspecified atom stereocenters. The molecule has 176 valence electrons. The molecular formula is C25H31FN4O3. The molecule has 7 nitrogen and oxygen atoms in total. The van der Waals surface area contributed by atoms with E-state index in [2.05, 4.69) is 10.2 Å². The molecule has 3 amide bonds. The smallest absolute Gasteiger partial charge is 0.321 e. The third-order valence-corrected chi connectivity index (χ3v) is 5.63. The molecule has 0 aliphatic carbocycles. The number of para-hydroxylation sites is 1. The Morgan fingerprint density at radius 2 is 1.88 bits per heavy atom. The number of benzene rings is 2. The Morgan fingerprint density at radius 3 is 2.58 bits per heavy atom. The van der Waals surface area contributed by atoms with Crippen LogP contribution in [0, 0.1) is 5.82 Å². The van der Waals surface area contributed by atoms with Crippen molar-refractivity contribution in [1.29, 1.82) is 0 Å². The molecule has 1 N–H and O–H groups in total. The first-order chi connectivity index (χ1) is 16.0. The predicted molar refractivity (Wildman–Crippen MR) is 128 cm³/mol. The summed E-state index contributed by atoms with van der Waals surface area (Å²) in [7, 11) is 1.64. The molecule has 0 bridgehead atoms. The third-order valence-electron chi connectivity index (χ3n) is 5.63. The lowest BCUT2D eigenvalue weighted by atomic mass is 10.2. The summed E-state index contributed by atoms with van der Waals surface area (Å²) in [5.41, 5.74) is 1.41. The van der Waals surface area contributed by atoms with Crippen LogP contribution in [0.4, 0.5) is 14.9 Å². The van der Waals surface area contributed by atoms with Gasteiger partial charge in [0.25, 0.3) is 0 Å². The van der Waals surface area contributed by atoms with Gasteiger partial charge in [-0.15, -0.1) is 0 Å². The molecule has 2 aromatic rings. The van der Waals surface area contributed by atoms with Gasteiger partial charge < -0.3 is 19.9 Å². The number of carbonyl (C=O) groups excluding carboxylic acids is 2. The number of halogens is 1. The minimum atomic E-state index is -0.384. The lowest BCUT2D eigenvalue weighted by molar-refractivity contribution is -0.128. The Bertz CT molecular complexity index is 974. The van der Waals surface area contributed by atoms with Gasteiger partial charge in [-0.3, -0.25) is 9.69 Å². The van der Waals surface area contributed by atoms with E-state index in [0.717, 1.165) is 30.9 Å². The lowest BCUT2D eigenvalue weighted by Crippen LogP contribution is -2.51. The number of nitrogens with one attached hydrogen (secondary N) is 1. The standard InChI is InChI=1S/C25H31FN4O3/c1-20(31)29(12-6-8-21-7-3-4-11-24(21)33-2)16-13-28-14-17-30(18-15-28)25(32)27-23-10-5-9-22(26)19-23/h3-11,19H,12-18H2,1-2H3,(H,27,32)/b8-6+. The van der Waals surface area contributed by atoms with Gasteiger partial charge in [-0.05, 0) is 24.3 Å². The monoisotopic (exact) mass is 454 g/mol. The molecular weight excluding hydrogens is 423 g/mol. The van der Waals surface area contributed by atoms with Crippen LogP contribution in [0.1, 0.15) is 12.5 Å². The summed E-state index contributed by atoms with van der Waals surface area (Å²) in [6, 6.07) is 13.4. The molecule has 8 heteroatoms. The topological polar surface area (TPSA) is 65.1 Å². The van der Waals surface area contributed by atoms with Gasteiger partial charge in [-0.2, -0.15) is 0 Å². The number of rotatable bonds is 8. The van der Waals surface area contributed by atoms with Crippen molar-refractivity contribution < 1.29 is 18.7 Å². The van der Waals surface area contributed by atoms with E-state index < -0.39 is 0 Å². The molecule has 1 fully saturated rings. The molecule has 33 heavy (non-hydrogen) atoms. The average molecular weight is 455 g/mol. The number of methoxy groups -OCH3 is 1. The lowest BCUT2D eigenvalue weighted by Gasteiger charge is -2.35. The van der Waals surface area contributed by atoms with E-state index in [-0.39, 0.29) is 17.8 Å². The zero-order valence-corrected chi connectivity index (χ0v) is 19.2. The van der Waals surface area contributed by atoms with Crippen LogP contribution in [0.3, 0.4) is 0 Å². The van der Waals surface area contributed by atoms with Crippen LogP contribution in [-0.2, 0) is 4.79 Å². The van der Waals surface area contributed by atoms with E-state index in [1.54, 1.807) is 36.0 Å². The molecule has 0 radical (unpaired) electrons. The van der Waals surface area contributed by atoms with Gasteiger partial charge in [0.2, 0.25) is 5.91 Å². The second-order valence-corrected chi connectivity index (χ2v) is 7.88. The Hall–Kier alpha value is -3.39. The first-order valence-corrected chi connectivity index (χ1v) is 11.0. The SMILES string of the molecule is COc1ccccc1/C=C/CN(CCN1CCN(C(=O)Nc2cccc(F)c2)CC1)C(C)=O. The number of urea groups is 1. The number of piperazine rings is 1. The van der Waals surface area contributed by atoms with E-state index >= 15 is 0 Å². The summed E-state index contributed by atoms with van der Waals surface area (Å²) >= 11 is 0. The maximum absolute atomic E-state index is 13.3. The van der Waals surface area contributed by atoms with Crippen molar-refractivity contribution in [3.63, 3.8) is 0 Å². The van der Waals surface area contributed by atoms with Crippen LogP contribution in [0.15, 0.2) is 54.6 Å². The van der Waals surface area contributed by atoms with Crippen molar-refractivity contribution in [1.82, 2.24) is 14.7 Å². The maximum Gasteiger partial charge on any atom is 0.321 e. The highest BCUT2D eigenvalue weighted by Gasteiger charge is 2.21. The van der Waals surface area contributed by atoms with Crippen LogP contribution >= 0.6 is 0 Å². The van der Waals surface area contributed by atoms with Crippen LogP contribution < -0.4 is 10.1 Å². The second kappa shape index (κ2) is 12.0. The fourth-order valence-corrected chi connectivity index (χ4v) is 3.69. The van der Waals surface area contributed by atoms with Gasteiger partial charge in [0.05, 0.1) is 7.11 Å². The third kappa shape index (κ3) is 7.32.